The number of piperazine rings is 1. The number of nitrogens with one attached hydrogen (secondary N) is 1. The third-order valence-electron chi connectivity index (χ3n) is 3.06. The van der Waals surface area contributed by atoms with Gasteiger partial charge in [-0.1, -0.05) is 5.16 Å². The van der Waals surface area contributed by atoms with Crippen LogP contribution in [-0.2, 0) is 16.1 Å². The molecule has 0 unspecified atom stereocenters. The molecule has 1 saturated heterocycles. The summed E-state index contributed by atoms with van der Waals surface area (Å²) in [4.78, 5) is 35.4. The van der Waals surface area contributed by atoms with Gasteiger partial charge in [0, 0.05) is 6.07 Å². The fraction of sp³-hybridized carbons (Fsp3) is 0.455. The van der Waals surface area contributed by atoms with Crippen LogP contribution in [0, 0.1) is 0 Å². The Hall–Kier alpha value is -2.22. The van der Waals surface area contributed by atoms with Gasteiger partial charge in [0.2, 0.25) is 11.8 Å². The van der Waals surface area contributed by atoms with Gasteiger partial charge >= 0.3 is 5.97 Å². The number of nitrogens with zero attached hydrogens (tertiary/aromatic N) is 2. The van der Waals surface area contributed by atoms with Crippen LogP contribution >= 0.6 is 0 Å². The number of amides is 2. The maximum Gasteiger partial charge on any atom is 0.358 e. The quantitative estimate of drug-likeness (QED) is 0.717. The van der Waals surface area contributed by atoms with Gasteiger partial charge in [0.25, 0.3) is 0 Å². The van der Waals surface area contributed by atoms with Crippen molar-refractivity contribution >= 4 is 17.8 Å². The molecule has 1 aliphatic rings. The summed E-state index contributed by atoms with van der Waals surface area (Å²) in [7, 11) is 0. The van der Waals surface area contributed by atoms with Crippen LogP contribution in [0.5, 0.6) is 0 Å². The molecular weight excluding hydrogens is 254 g/mol. The highest BCUT2D eigenvalue weighted by atomic mass is 16.5. The maximum atomic E-state index is 11.7. The Morgan fingerprint density at radius 1 is 1.58 bits per heavy atom. The summed E-state index contributed by atoms with van der Waals surface area (Å²) in [6.07, 6.45) is 0. The second-order valence-electron chi connectivity index (χ2n) is 4.78. The Balaban J connectivity index is 2.18. The van der Waals surface area contributed by atoms with Crippen LogP contribution in [0.3, 0.4) is 0 Å². The lowest BCUT2D eigenvalue weighted by atomic mass is 9.98. The zero-order valence-corrected chi connectivity index (χ0v) is 10.5. The third kappa shape index (κ3) is 2.48. The number of carboxylic acid groups (broad SMARTS) is 1. The largest absolute Gasteiger partial charge is 0.476 e. The van der Waals surface area contributed by atoms with Gasteiger partial charge < -0.3 is 9.63 Å². The summed E-state index contributed by atoms with van der Waals surface area (Å²) in [5, 5.41) is 14.4. The van der Waals surface area contributed by atoms with Crippen LogP contribution in [-0.4, -0.2) is 45.0 Å². The van der Waals surface area contributed by atoms with Crippen molar-refractivity contribution in [1.82, 2.24) is 15.4 Å². The fourth-order valence-corrected chi connectivity index (χ4v) is 1.76. The Morgan fingerprint density at radius 2 is 2.26 bits per heavy atom. The number of hydrogen-bond donors (Lipinski definition) is 2. The van der Waals surface area contributed by atoms with Crippen LogP contribution in [0.2, 0.25) is 0 Å². The second kappa shape index (κ2) is 4.47. The predicted molar refractivity (Wildman–Crippen MR) is 61.1 cm³/mol. The van der Waals surface area contributed by atoms with Crippen molar-refractivity contribution in [3.05, 3.63) is 17.5 Å². The summed E-state index contributed by atoms with van der Waals surface area (Å²) < 4.78 is 4.88. The van der Waals surface area contributed by atoms with E-state index in [9.17, 15) is 14.4 Å². The van der Waals surface area contributed by atoms with Crippen molar-refractivity contribution < 1.29 is 24.0 Å². The zero-order chi connectivity index (χ0) is 14.2. The molecule has 1 aromatic heterocycles. The van der Waals surface area contributed by atoms with E-state index in [1.165, 1.54) is 6.07 Å². The van der Waals surface area contributed by atoms with Gasteiger partial charge in [0.05, 0.1) is 18.6 Å². The van der Waals surface area contributed by atoms with Crippen LogP contribution in [0.1, 0.15) is 30.1 Å². The van der Waals surface area contributed by atoms with Gasteiger partial charge in [-0.15, -0.1) is 0 Å². The molecule has 0 radical (unpaired) electrons. The van der Waals surface area contributed by atoms with Gasteiger partial charge in [0.15, 0.2) is 11.5 Å². The minimum absolute atomic E-state index is 0.0296. The van der Waals surface area contributed by atoms with Gasteiger partial charge in [-0.25, -0.2) is 4.79 Å². The van der Waals surface area contributed by atoms with Crippen LogP contribution in [0.25, 0.3) is 0 Å². The molecule has 1 fully saturated rings. The average molecular weight is 267 g/mol. The van der Waals surface area contributed by atoms with E-state index in [1.54, 1.807) is 18.7 Å². The number of aromatic nitrogens is 1. The molecule has 8 heteroatoms. The van der Waals surface area contributed by atoms with Crippen LogP contribution in [0.4, 0.5) is 0 Å². The molecule has 2 heterocycles. The topological polar surface area (TPSA) is 113 Å². The molecule has 102 valence electrons. The molecule has 0 bridgehead atoms. The Bertz CT molecular complexity index is 548. The molecule has 1 aromatic rings. The van der Waals surface area contributed by atoms with E-state index in [4.69, 9.17) is 9.63 Å². The highest BCUT2D eigenvalue weighted by Crippen LogP contribution is 2.21. The number of hydrogen-bond acceptors (Lipinski definition) is 6. The molecule has 1 aliphatic heterocycles. The fourth-order valence-electron chi connectivity index (χ4n) is 1.76. The van der Waals surface area contributed by atoms with Crippen molar-refractivity contribution in [3.63, 3.8) is 0 Å². The molecule has 2 rings (SSSR count). The van der Waals surface area contributed by atoms with E-state index < -0.39 is 23.3 Å². The van der Waals surface area contributed by atoms with E-state index in [-0.39, 0.29) is 24.5 Å². The second-order valence-corrected chi connectivity index (χ2v) is 4.78. The van der Waals surface area contributed by atoms with Crippen molar-refractivity contribution in [2.75, 3.05) is 6.54 Å². The van der Waals surface area contributed by atoms with Crippen molar-refractivity contribution in [2.45, 2.75) is 25.9 Å². The lowest BCUT2D eigenvalue weighted by Gasteiger charge is -2.39. The average Bonchev–Trinajstić information content (AvgIpc) is 2.74. The molecule has 0 aliphatic carbocycles. The lowest BCUT2D eigenvalue weighted by Crippen LogP contribution is -2.63. The summed E-state index contributed by atoms with van der Waals surface area (Å²) >= 11 is 0. The molecule has 0 atom stereocenters. The van der Waals surface area contributed by atoms with E-state index in [0.717, 1.165) is 0 Å². The third-order valence-corrected chi connectivity index (χ3v) is 3.06. The molecule has 8 nitrogen and oxygen atoms in total. The van der Waals surface area contributed by atoms with Gasteiger partial charge in [-0.05, 0) is 13.8 Å². The summed E-state index contributed by atoms with van der Waals surface area (Å²) in [6, 6.07) is 1.27. The summed E-state index contributed by atoms with van der Waals surface area (Å²) in [6.45, 7) is 3.50. The highest BCUT2D eigenvalue weighted by molar-refractivity contribution is 6.02. The first-order chi connectivity index (χ1) is 8.80. The maximum absolute atomic E-state index is 11.7. The lowest BCUT2D eigenvalue weighted by molar-refractivity contribution is -0.145. The minimum atomic E-state index is -1.19. The van der Waals surface area contributed by atoms with E-state index >= 15 is 0 Å². The summed E-state index contributed by atoms with van der Waals surface area (Å²) in [5.41, 5.74) is -1.09. The monoisotopic (exact) mass is 267 g/mol. The van der Waals surface area contributed by atoms with E-state index in [0.29, 0.717) is 0 Å². The molecule has 0 spiro atoms. The first-order valence-corrected chi connectivity index (χ1v) is 5.59. The Kier molecular flexibility index (Phi) is 3.11. The number of carboxylic acids is 1. The van der Waals surface area contributed by atoms with E-state index in [1.807, 2.05) is 0 Å². The molecule has 2 N–H and O–H groups in total. The number of rotatable bonds is 3. The van der Waals surface area contributed by atoms with Gasteiger partial charge in [0.1, 0.15) is 0 Å². The van der Waals surface area contributed by atoms with Gasteiger partial charge in [-0.3, -0.25) is 19.8 Å². The van der Waals surface area contributed by atoms with Crippen LogP contribution < -0.4 is 5.32 Å². The molecule has 0 saturated carbocycles. The number of carbonyl (C=O) groups is 3. The highest BCUT2D eigenvalue weighted by Gasteiger charge is 2.41. The van der Waals surface area contributed by atoms with Crippen molar-refractivity contribution in [2.24, 2.45) is 0 Å². The Labute approximate surface area is 108 Å². The number of carbonyl (C=O) groups excluding carboxylic acids is 2. The minimum Gasteiger partial charge on any atom is -0.476 e. The molecule has 0 aromatic carbocycles. The first kappa shape index (κ1) is 13.2. The normalized spacial score (nSPS) is 19.3. The molecule has 2 amide bonds. The van der Waals surface area contributed by atoms with E-state index in [2.05, 4.69) is 10.5 Å². The van der Waals surface area contributed by atoms with Crippen molar-refractivity contribution in [1.29, 1.82) is 0 Å². The van der Waals surface area contributed by atoms with Gasteiger partial charge in [-0.2, -0.15) is 0 Å². The SMILES string of the molecule is CC1(C)C(=O)NC(=O)CN1Cc1cc(C(=O)O)no1. The standard InChI is InChI=1S/C11H13N3O5/c1-11(2)10(18)12-8(15)5-14(11)4-6-3-7(9(16)17)13-19-6/h3H,4-5H2,1-2H3,(H,16,17)(H,12,15,18). The first-order valence-electron chi connectivity index (χ1n) is 5.59. The smallest absolute Gasteiger partial charge is 0.358 e. The molecule has 19 heavy (non-hydrogen) atoms. The Morgan fingerprint density at radius 3 is 2.84 bits per heavy atom. The molecular formula is C11H13N3O5. The number of aromatic carboxylic acids is 1. The summed E-state index contributed by atoms with van der Waals surface area (Å²) in [5.74, 6) is -1.71. The van der Waals surface area contributed by atoms with Crippen LogP contribution in [0.15, 0.2) is 10.6 Å². The van der Waals surface area contributed by atoms with Crippen molar-refractivity contribution in [3.8, 4) is 0 Å². The predicted octanol–water partition coefficient (Wildman–Crippen LogP) is -0.390. The number of imide groups is 1. The zero-order valence-electron chi connectivity index (χ0n) is 10.5.